The molecule has 2 aromatic rings. The maximum absolute atomic E-state index is 5.70. The van der Waals surface area contributed by atoms with Crippen LogP contribution in [0, 0.1) is 13.8 Å². The molecule has 3 rings (SSSR count). The molecule has 1 aromatic carbocycles. The molecule has 0 fully saturated rings. The summed E-state index contributed by atoms with van der Waals surface area (Å²) in [5.74, 6) is 4.31. The Morgan fingerprint density at radius 2 is 2.08 bits per heavy atom. The highest BCUT2D eigenvalue weighted by molar-refractivity contribution is 5.79. The Morgan fingerprint density at radius 3 is 2.84 bits per heavy atom. The monoisotopic (exact) mass is 346 g/mol. The molecule has 0 bridgehead atoms. The van der Waals surface area contributed by atoms with E-state index in [1.165, 1.54) is 0 Å². The molecule has 0 radical (unpaired) electrons. The van der Waals surface area contributed by atoms with Crippen molar-refractivity contribution in [3.63, 3.8) is 0 Å². The van der Waals surface area contributed by atoms with Crippen LogP contribution in [0.4, 0.5) is 0 Å². The molecule has 1 aromatic heterocycles. The number of hydrogen-bond acceptors (Lipinski definition) is 6. The van der Waals surface area contributed by atoms with Gasteiger partial charge < -0.3 is 29.3 Å². The zero-order valence-corrected chi connectivity index (χ0v) is 14.6. The Kier molecular flexibility index (Phi) is 5.27. The van der Waals surface area contributed by atoms with Gasteiger partial charge in [-0.05, 0) is 26.0 Å². The molecule has 0 aliphatic carbocycles. The van der Waals surface area contributed by atoms with Crippen LogP contribution >= 0.6 is 0 Å². The summed E-state index contributed by atoms with van der Waals surface area (Å²) in [7, 11) is 1.71. The van der Waals surface area contributed by atoms with Crippen molar-refractivity contribution in [3.8, 4) is 17.2 Å². The summed E-state index contributed by atoms with van der Waals surface area (Å²) < 4.78 is 21.8. The Morgan fingerprint density at radius 1 is 1.24 bits per heavy atom. The summed E-state index contributed by atoms with van der Waals surface area (Å²) in [4.78, 5) is 8.48. The molecular formula is C17H22N4O4. The largest absolute Gasteiger partial charge is 0.492 e. The van der Waals surface area contributed by atoms with Crippen LogP contribution in [0.2, 0.25) is 0 Å². The minimum atomic E-state index is 0.256. The lowest BCUT2D eigenvalue weighted by Crippen LogP contribution is -2.38. The quantitative estimate of drug-likeness (QED) is 0.468. The lowest BCUT2D eigenvalue weighted by Gasteiger charge is -2.11. The van der Waals surface area contributed by atoms with Crippen molar-refractivity contribution in [2.75, 3.05) is 27.0 Å². The smallest absolute Gasteiger partial charge is 0.231 e. The molecule has 0 saturated carbocycles. The van der Waals surface area contributed by atoms with E-state index >= 15 is 0 Å². The van der Waals surface area contributed by atoms with Crippen molar-refractivity contribution in [3.05, 3.63) is 35.5 Å². The number of hydrogen-bond donors (Lipinski definition) is 2. The molecule has 0 unspecified atom stereocenters. The third-order valence-corrected chi connectivity index (χ3v) is 3.71. The van der Waals surface area contributed by atoms with Crippen molar-refractivity contribution >= 4 is 5.96 Å². The third kappa shape index (κ3) is 4.34. The second-order valence-corrected chi connectivity index (χ2v) is 5.47. The van der Waals surface area contributed by atoms with E-state index < -0.39 is 0 Å². The van der Waals surface area contributed by atoms with Crippen molar-refractivity contribution in [2.24, 2.45) is 4.99 Å². The average Bonchev–Trinajstić information content (AvgIpc) is 3.20. The molecule has 0 spiro atoms. The number of aliphatic imine (C=N–C) groups is 1. The Bertz CT molecular complexity index is 738. The summed E-state index contributed by atoms with van der Waals surface area (Å²) in [5, 5.41) is 6.32. The van der Waals surface area contributed by atoms with Gasteiger partial charge in [-0.25, -0.2) is 4.98 Å². The van der Waals surface area contributed by atoms with E-state index in [0.29, 0.717) is 37.3 Å². The highest BCUT2D eigenvalue weighted by Crippen LogP contribution is 2.34. The van der Waals surface area contributed by atoms with E-state index in [2.05, 4.69) is 20.6 Å². The fraction of sp³-hybridized carbons (Fsp3) is 0.412. The van der Waals surface area contributed by atoms with Gasteiger partial charge in [0.15, 0.2) is 17.5 Å². The van der Waals surface area contributed by atoms with E-state index in [1.807, 2.05) is 32.0 Å². The first-order valence-corrected chi connectivity index (χ1v) is 8.05. The van der Waals surface area contributed by atoms with E-state index in [9.17, 15) is 0 Å². The van der Waals surface area contributed by atoms with Crippen LogP contribution in [0.1, 0.15) is 17.3 Å². The highest BCUT2D eigenvalue weighted by atomic mass is 16.7. The number of guanidine groups is 1. The minimum Gasteiger partial charge on any atom is -0.492 e. The van der Waals surface area contributed by atoms with Crippen LogP contribution in [0.5, 0.6) is 17.2 Å². The van der Waals surface area contributed by atoms with Crippen molar-refractivity contribution < 1.29 is 18.6 Å². The molecule has 0 atom stereocenters. The normalized spacial score (nSPS) is 13.0. The molecule has 0 saturated heterocycles. The zero-order chi connectivity index (χ0) is 17.6. The van der Waals surface area contributed by atoms with Gasteiger partial charge >= 0.3 is 0 Å². The van der Waals surface area contributed by atoms with Gasteiger partial charge in [0.05, 0.1) is 18.8 Å². The predicted molar refractivity (Wildman–Crippen MR) is 92.2 cm³/mol. The molecule has 8 nitrogen and oxygen atoms in total. The number of fused-ring (bicyclic) bond motifs is 1. The molecule has 134 valence electrons. The Labute approximate surface area is 146 Å². The molecular weight excluding hydrogens is 324 g/mol. The number of rotatable bonds is 6. The molecule has 2 N–H and O–H groups in total. The summed E-state index contributed by atoms with van der Waals surface area (Å²) in [6.45, 7) is 5.62. The van der Waals surface area contributed by atoms with Crippen LogP contribution < -0.4 is 24.8 Å². The van der Waals surface area contributed by atoms with Gasteiger partial charge in [0.25, 0.3) is 0 Å². The molecule has 0 amide bonds. The summed E-state index contributed by atoms with van der Waals surface area (Å²) in [6.07, 6.45) is 0. The van der Waals surface area contributed by atoms with Crippen LogP contribution in [0.3, 0.4) is 0 Å². The number of nitrogens with zero attached hydrogens (tertiary/aromatic N) is 2. The van der Waals surface area contributed by atoms with Gasteiger partial charge in [0, 0.05) is 13.1 Å². The molecule has 25 heavy (non-hydrogen) atoms. The van der Waals surface area contributed by atoms with Crippen LogP contribution in [-0.2, 0) is 6.54 Å². The van der Waals surface area contributed by atoms with Gasteiger partial charge in [-0.3, -0.25) is 4.99 Å². The number of benzene rings is 1. The maximum atomic E-state index is 5.70. The number of aromatic nitrogens is 1. The number of oxazole rings is 1. The molecule has 1 aliphatic rings. The van der Waals surface area contributed by atoms with Gasteiger partial charge in [-0.1, -0.05) is 0 Å². The second-order valence-electron chi connectivity index (χ2n) is 5.47. The first-order chi connectivity index (χ1) is 12.2. The topological polar surface area (TPSA) is 90.1 Å². The van der Waals surface area contributed by atoms with Crippen molar-refractivity contribution in [1.29, 1.82) is 0 Å². The van der Waals surface area contributed by atoms with Gasteiger partial charge in [0.2, 0.25) is 12.7 Å². The molecule has 8 heteroatoms. The minimum absolute atomic E-state index is 0.256. The SMILES string of the molecule is CN=C(NCCOc1ccc2c(c1)OCO2)NCc1nc(C)c(C)o1. The number of ether oxygens (including phenoxy) is 3. The van der Waals surface area contributed by atoms with Crippen molar-refractivity contribution in [2.45, 2.75) is 20.4 Å². The molecule has 1 aliphatic heterocycles. The first kappa shape index (κ1) is 16.9. The fourth-order valence-electron chi connectivity index (χ4n) is 2.30. The maximum Gasteiger partial charge on any atom is 0.231 e. The first-order valence-electron chi connectivity index (χ1n) is 8.05. The van der Waals surface area contributed by atoms with Crippen LogP contribution in [0.25, 0.3) is 0 Å². The van der Waals surface area contributed by atoms with E-state index in [1.54, 1.807) is 7.05 Å². The van der Waals surface area contributed by atoms with E-state index in [-0.39, 0.29) is 6.79 Å². The lowest BCUT2D eigenvalue weighted by molar-refractivity contribution is 0.173. The summed E-state index contributed by atoms with van der Waals surface area (Å²) in [5.41, 5.74) is 0.900. The van der Waals surface area contributed by atoms with E-state index in [4.69, 9.17) is 18.6 Å². The number of nitrogens with one attached hydrogen (secondary N) is 2. The lowest BCUT2D eigenvalue weighted by atomic mass is 10.3. The van der Waals surface area contributed by atoms with Crippen molar-refractivity contribution in [1.82, 2.24) is 15.6 Å². The van der Waals surface area contributed by atoms with Crippen LogP contribution in [0.15, 0.2) is 27.6 Å². The van der Waals surface area contributed by atoms with Gasteiger partial charge in [-0.2, -0.15) is 0 Å². The highest BCUT2D eigenvalue weighted by Gasteiger charge is 2.13. The van der Waals surface area contributed by atoms with Gasteiger partial charge in [0.1, 0.15) is 18.1 Å². The summed E-state index contributed by atoms with van der Waals surface area (Å²) >= 11 is 0. The standard InChI is InChI=1S/C17H22N4O4/c1-11-12(2)25-16(21-11)9-20-17(18-3)19-6-7-22-13-4-5-14-15(8-13)24-10-23-14/h4-5,8H,6-7,9-10H2,1-3H3,(H2,18,19,20). The van der Waals surface area contributed by atoms with E-state index in [0.717, 1.165) is 23.0 Å². The summed E-state index contributed by atoms with van der Waals surface area (Å²) in [6, 6.07) is 5.52. The molecule has 2 heterocycles. The predicted octanol–water partition coefficient (Wildman–Crippen LogP) is 1.76. The number of aryl methyl sites for hydroxylation is 2. The Balaban J connectivity index is 1.39. The Hall–Kier alpha value is -2.90. The van der Waals surface area contributed by atoms with Gasteiger partial charge in [-0.15, -0.1) is 0 Å². The average molecular weight is 346 g/mol. The second kappa shape index (κ2) is 7.78. The fourth-order valence-corrected chi connectivity index (χ4v) is 2.30. The van der Waals surface area contributed by atoms with Crippen LogP contribution in [-0.4, -0.2) is 37.9 Å². The third-order valence-electron chi connectivity index (χ3n) is 3.71. The zero-order valence-electron chi connectivity index (χ0n) is 14.6.